The van der Waals surface area contributed by atoms with Crippen LogP contribution in [0.4, 0.5) is 0 Å². The van der Waals surface area contributed by atoms with E-state index in [1.54, 1.807) is 4.68 Å². The third kappa shape index (κ3) is 2.59. The maximum absolute atomic E-state index is 12.3. The molecule has 0 amide bonds. The van der Waals surface area contributed by atoms with Crippen LogP contribution in [0, 0.1) is 12.8 Å². The molecular formula is C13H20ClN3O. The first-order valence-electron chi connectivity index (χ1n) is 6.47. The smallest absolute Gasteiger partial charge is 0.143 e. The van der Waals surface area contributed by atoms with Crippen molar-refractivity contribution in [2.75, 3.05) is 0 Å². The Bertz CT molecular complexity index is 455. The zero-order valence-electron chi connectivity index (χ0n) is 10.9. The predicted octanol–water partition coefficient (Wildman–Crippen LogP) is 2.01. The molecule has 1 saturated carbocycles. The van der Waals surface area contributed by atoms with Gasteiger partial charge >= 0.3 is 0 Å². The summed E-state index contributed by atoms with van der Waals surface area (Å²) < 4.78 is 1.70. The van der Waals surface area contributed by atoms with Crippen LogP contribution in [0.15, 0.2) is 0 Å². The van der Waals surface area contributed by atoms with Crippen molar-refractivity contribution in [3.8, 4) is 0 Å². The number of carbonyl (C=O) groups excluding carboxylic acids is 1. The Labute approximate surface area is 112 Å². The summed E-state index contributed by atoms with van der Waals surface area (Å²) in [6.45, 7) is 1.85. The minimum Gasteiger partial charge on any atom is -0.327 e. The molecule has 2 rings (SSSR count). The van der Waals surface area contributed by atoms with Gasteiger partial charge in [-0.3, -0.25) is 9.48 Å². The van der Waals surface area contributed by atoms with Gasteiger partial charge in [0.15, 0.2) is 0 Å². The number of Topliss-reactive ketones (excluding diaryl/α,β-unsaturated/α-hetero) is 1. The van der Waals surface area contributed by atoms with Crippen LogP contribution < -0.4 is 5.73 Å². The largest absolute Gasteiger partial charge is 0.327 e. The van der Waals surface area contributed by atoms with Crippen LogP contribution in [0.5, 0.6) is 0 Å². The van der Waals surface area contributed by atoms with Crippen molar-refractivity contribution in [3.05, 3.63) is 16.4 Å². The van der Waals surface area contributed by atoms with E-state index < -0.39 is 0 Å². The maximum Gasteiger partial charge on any atom is 0.143 e. The molecule has 0 aliphatic heterocycles. The molecule has 0 aromatic carbocycles. The zero-order chi connectivity index (χ0) is 13.3. The van der Waals surface area contributed by atoms with Crippen molar-refractivity contribution in [1.29, 1.82) is 0 Å². The average molecular weight is 270 g/mol. The van der Waals surface area contributed by atoms with Crippen molar-refractivity contribution in [1.82, 2.24) is 9.78 Å². The number of ketones is 1. The summed E-state index contributed by atoms with van der Waals surface area (Å²) in [6, 6.07) is 0.0133. The average Bonchev–Trinajstić information content (AvgIpc) is 2.56. The van der Waals surface area contributed by atoms with Crippen LogP contribution in [0.2, 0.25) is 5.02 Å². The van der Waals surface area contributed by atoms with Crippen LogP contribution in [0.3, 0.4) is 0 Å². The molecule has 1 fully saturated rings. The van der Waals surface area contributed by atoms with E-state index in [2.05, 4.69) is 5.10 Å². The first-order chi connectivity index (χ1) is 8.50. The fraction of sp³-hybridized carbons (Fsp3) is 0.692. The minimum absolute atomic E-state index is 0.00924. The number of aromatic nitrogens is 2. The number of aryl methyl sites for hydroxylation is 2. The van der Waals surface area contributed by atoms with E-state index in [-0.39, 0.29) is 17.7 Å². The summed E-state index contributed by atoms with van der Waals surface area (Å²) in [7, 11) is 1.82. The number of hydrogen-bond acceptors (Lipinski definition) is 3. The standard InChI is InChI=1S/C13H20ClN3O/c1-8-13(14)11(17(2)16-8)7-12(18)9-5-3-4-6-10(9)15/h9-10H,3-7,15H2,1-2H3. The molecule has 0 radical (unpaired) electrons. The van der Waals surface area contributed by atoms with E-state index in [1.165, 1.54) is 0 Å². The Morgan fingerprint density at radius 2 is 2.17 bits per heavy atom. The maximum atomic E-state index is 12.3. The number of carbonyl (C=O) groups is 1. The lowest BCUT2D eigenvalue weighted by Gasteiger charge is -2.27. The van der Waals surface area contributed by atoms with Gasteiger partial charge in [0.1, 0.15) is 5.78 Å². The topological polar surface area (TPSA) is 60.9 Å². The Hall–Kier alpha value is -0.870. The van der Waals surface area contributed by atoms with E-state index in [4.69, 9.17) is 17.3 Å². The van der Waals surface area contributed by atoms with Crippen LogP contribution in [0.25, 0.3) is 0 Å². The molecule has 1 aliphatic rings. The van der Waals surface area contributed by atoms with Gasteiger partial charge in [-0.05, 0) is 19.8 Å². The monoisotopic (exact) mass is 269 g/mol. The lowest BCUT2D eigenvalue weighted by atomic mass is 9.81. The lowest BCUT2D eigenvalue weighted by Crippen LogP contribution is -2.38. The molecule has 0 spiro atoms. The fourth-order valence-corrected chi connectivity index (χ4v) is 2.95. The zero-order valence-corrected chi connectivity index (χ0v) is 11.7. The van der Waals surface area contributed by atoms with Crippen molar-refractivity contribution >= 4 is 17.4 Å². The number of halogens is 1. The van der Waals surface area contributed by atoms with Crippen molar-refractivity contribution in [2.45, 2.75) is 45.1 Å². The Balaban J connectivity index is 2.11. The van der Waals surface area contributed by atoms with Gasteiger partial charge in [-0.2, -0.15) is 5.10 Å². The fourth-order valence-electron chi connectivity index (χ4n) is 2.73. The molecule has 0 bridgehead atoms. The highest BCUT2D eigenvalue weighted by molar-refractivity contribution is 6.32. The quantitative estimate of drug-likeness (QED) is 0.913. The molecule has 1 heterocycles. The number of nitrogens with zero attached hydrogens (tertiary/aromatic N) is 2. The van der Waals surface area contributed by atoms with Crippen LogP contribution in [-0.4, -0.2) is 21.6 Å². The van der Waals surface area contributed by atoms with E-state index in [0.29, 0.717) is 11.4 Å². The first kappa shape index (κ1) is 13.6. The summed E-state index contributed by atoms with van der Waals surface area (Å²) in [6.07, 6.45) is 4.44. The van der Waals surface area contributed by atoms with Gasteiger partial charge < -0.3 is 5.73 Å². The molecular weight excluding hydrogens is 250 g/mol. The number of nitrogens with two attached hydrogens (primary N) is 1. The Kier molecular flexibility index (Phi) is 4.07. The van der Waals surface area contributed by atoms with E-state index >= 15 is 0 Å². The minimum atomic E-state index is -0.00924. The summed E-state index contributed by atoms with van der Waals surface area (Å²) in [4.78, 5) is 12.3. The summed E-state index contributed by atoms with van der Waals surface area (Å²) in [5.41, 5.74) is 7.61. The highest BCUT2D eigenvalue weighted by Crippen LogP contribution is 2.27. The highest BCUT2D eigenvalue weighted by Gasteiger charge is 2.29. The van der Waals surface area contributed by atoms with Gasteiger partial charge in [0.2, 0.25) is 0 Å². The molecule has 1 aromatic rings. The molecule has 5 heteroatoms. The number of rotatable bonds is 3. The molecule has 18 heavy (non-hydrogen) atoms. The van der Waals surface area contributed by atoms with Crippen molar-refractivity contribution in [3.63, 3.8) is 0 Å². The summed E-state index contributed by atoms with van der Waals surface area (Å²) >= 11 is 6.17. The van der Waals surface area contributed by atoms with Gasteiger partial charge in [0.05, 0.1) is 22.8 Å². The van der Waals surface area contributed by atoms with Crippen molar-refractivity contribution in [2.24, 2.45) is 18.7 Å². The SMILES string of the molecule is Cc1nn(C)c(CC(=O)C2CCCCC2N)c1Cl. The second-order valence-corrected chi connectivity index (χ2v) is 5.55. The third-order valence-corrected chi connectivity index (χ3v) is 4.33. The summed E-state index contributed by atoms with van der Waals surface area (Å²) in [5, 5.41) is 4.84. The predicted molar refractivity (Wildman–Crippen MR) is 71.6 cm³/mol. The van der Waals surface area contributed by atoms with E-state index in [1.807, 2.05) is 14.0 Å². The van der Waals surface area contributed by atoms with Crippen LogP contribution in [-0.2, 0) is 18.3 Å². The van der Waals surface area contributed by atoms with Gasteiger partial charge in [0, 0.05) is 19.0 Å². The van der Waals surface area contributed by atoms with E-state index in [0.717, 1.165) is 37.1 Å². The van der Waals surface area contributed by atoms with E-state index in [9.17, 15) is 4.79 Å². The second kappa shape index (κ2) is 5.41. The molecule has 1 aromatic heterocycles. The normalized spacial score (nSPS) is 24.2. The molecule has 2 N–H and O–H groups in total. The third-order valence-electron chi connectivity index (χ3n) is 3.84. The van der Waals surface area contributed by atoms with Gasteiger partial charge in [-0.15, -0.1) is 0 Å². The number of hydrogen-bond donors (Lipinski definition) is 1. The Morgan fingerprint density at radius 1 is 1.50 bits per heavy atom. The molecule has 0 saturated heterocycles. The van der Waals surface area contributed by atoms with Crippen molar-refractivity contribution < 1.29 is 4.79 Å². The van der Waals surface area contributed by atoms with Gasteiger partial charge in [-0.1, -0.05) is 24.4 Å². The summed E-state index contributed by atoms with van der Waals surface area (Å²) in [5.74, 6) is 0.192. The van der Waals surface area contributed by atoms with Crippen LogP contribution >= 0.6 is 11.6 Å². The second-order valence-electron chi connectivity index (χ2n) is 5.17. The highest BCUT2D eigenvalue weighted by atomic mass is 35.5. The first-order valence-corrected chi connectivity index (χ1v) is 6.84. The molecule has 2 unspecified atom stereocenters. The molecule has 2 atom stereocenters. The Morgan fingerprint density at radius 3 is 2.72 bits per heavy atom. The molecule has 100 valence electrons. The van der Waals surface area contributed by atoms with Gasteiger partial charge in [0.25, 0.3) is 0 Å². The molecule has 4 nitrogen and oxygen atoms in total. The van der Waals surface area contributed by atoms with Crippen LogP contribution in [0.1, 0.15) is 37.1 Å². The molecule has 1 aliphatic carbocycles. The lowest BCUT2D eigenvalue weighted by molar-refractivity contribution is -0.123. The van der Waals surface area contributed by atoms with Gasteiger partial charge in [-0.25, -0.2) is 0 Å².